The van der Waals surface area contributed by atoms with Crippen molar-refractivity contribution in [3.8, 4) is 0 Å². The minimum Gasteiger partial charge on any atom is -0.329 e. The molecule has 1 fully saturated rings. The second-order valence-electron chi connectivity index (χ2n) is 5.92. The Kier molecular flexibility index (Phi) is 4.08. The van der Waals surface area contributed by atoms with Gasteiger partial charge in [0.2, 0.25) is 0 Å². The van der Waals surface area contributed by atoms with Crippen molar-refractivity contribution in [1.29, 1.82) is 0 Å². The van der Waals surface area contributed by atoms with Crippen molar-refractivity contribution in [2.75, 3.05) is 13.1 Å². The van der Waals surface area contributed by atoms with Gasteiger partial charge in [-0.3, -0.25) is 4.90 Å². The van der Waals surface area contributed by atoms with Gasteiger partial charge in [0.1, 0.15) is 0 Å². The predicted octanol–water partition coefficient (Wildman–Crippen LogP) is 2.78. The summed E-state index contributed by atoms with van der Waals surface area (Å²) in [6.45, 7) is 12.0. The molecule has 0 aromatic heterocycles. The van der Waals surface area contributed by atoms with Crippen LogP contribution in [0.1, 0.15) is 35.6 Å². The molecule has 2 heteroatoms. The topological polar surface area (TPSA) is 29.3 Å². The first-order chi connectivity index (χ1) is 8.52. The van der Waals surface area contributed by atoms with Gasteiger partial charge >= 0.3 is 0 Å². The SMILES string of the molecule is Cc1cc(C)c(CN2CCC(C)C2CN)c(C)c1. The molecule has 2 nitrogen and oxygen atoms in total. The smallest absolute Gasteiger partial charge is 0.0248 e. The summed E-state index contributed by atoms with van der Waals surface area (Å²) in [5.41, 5.74) is 11.6. The van der Waals surface area contributed by atoms with E-state index in [1.165, 1.54) is 35.2 Å². The van der Waals surface area contributed by atoms with Crippen molar-refractivity contribution in [3.05, 3.63) is 34.4 Å². The Morgan fingerprint density at radius 2 is 1.83 bits per heavy atom. The van der Waals surface area contributed by atoms with Crippen LogP contribution in [0.2, 0.25) is 0 Å². The zero-order chi connectivity index (χ0) is 13.3. The van der Waals surface area contributed by atoms with Gasteiger partial charge in [-0.25, -0.2) is 0 Å². The fourth-order valence-corrected chi connectivity index (χ4v) is 3.33. The quantitative estimate of drug-likeness (QED) is 0.888. The molecule has 2 N–H and O–H groups in total. The van der Waals surface area contributed by atoms with Gasteiger partial charge in [0.05, 0.1) is 0 Å². The van der Waals surface area contributed by atoms with Crippen LogP contribution >= 0.6 is 0 Å². The maximum Gasteiger partial charge on any atom is 0.0248 e. The average molecular weight is 246 g/mol. The van der Waals surface area contributed by atoms with Crippen LogP contribution in [0, 0.1) is 26.7 Å². The first-order valence-electron chi connectivity index (χ1n) is 7.03. The first-order valence-corrected chi connectivity index (χ1v) is 7.03. The summed E-state index contributed by atoms with van der Waals surface area (Å²) in [6, 6.07) is 5.14. The molecule has 1 aromatic rings. The minimum atomic E-state index is 0.560. The Bertz CT molecular complexity index is 402. The lowest BCUT2D eigenvalue weighted by molar-refractivity contribution is 0.227. The molecule has 0 spiro atoms. The van der Waals surface area contributed by atoms with E-state index in [0.29, 0.717) is 6.04 Å². The molecule has 0 radical (unpaired) electrons. The lowest BCUT2D eigenvalue weighted by atomic mass is 9.98. The van der Waals surface area contributed by atoms with Crippen LogP contribution in [-0.2, 0) is 6.54 Å². The van der Waals surface area contributed by atoms with E-state index >= 15 is 0 Å². The predicted molar refractivity (Wildman–Crippen MR) is 77.7 cm³/mol. The number of hydrogen-bond acceptors (Lipinski definition) is 2. The Balaban J connectivity index is 2.19. The Morgan fingerprint density at radius 3 is 2.39 bits per heavy atom. The third kappa shape index (κ3) is 2.60. The van der Waals surface area contributed by atoms with Gasteiger partial charge in [-0.15, -0.1) is 0 Å². The summed E-state index contributed by atoms with van der Waals surface area (Å²) < 4.78 is 0. The van der Waals surface area contributed by atoms with Gasteiger partial charge in [-0.1, -0.05) is 24.6 Å². The van der Waals surface area contributed by atoms with Gasteiger partial charge in [-0.05, 0) is 56.3 Å². The summed E-state index contributed by atoms with van der Waals surface area (Å²) in [5.74, 6) is 0.737. The van der Waals surface area contributed by atoms with E-state index in [-0.39, 0.29) is 0 Å². The first kappa shape index (κ1) is 13.6. The molecule has 2 atom stereocenters. The molecule has 0 aliphatic carbocycles. The lowest BCUT2D eigenvalue weighted by Crippen LogP contribution is -2.38. The second-order valence-corrected chi connectivity index (χ2v) is 5.92. The molecule has 0 bridgehead atoms. The van der Waals surface area contributed by atoms with Crippen molar-refractivity contribution in [3.63, 3.8) is 0 Å². The third-order valence-corrected chi connectivity index (χ3v) is 4.44. The molecule has 1 aromatic carbocycles. The molecular weight excluding hydrogens is 220 g/mol. The van der Waals surface area contributed by atoms with Crippen LogP contribution in [0.4, 0.5) is 0 Å². The van der Waals surface area contributed by atoms with Crippen molar-refractivity contribution in [2.24, 2.45) is 11.7 Å². The highest BCUT2D eigenvalue weighted by Gasteiger charge is 2.30. The lowest BCUT2D eigenvalue weighted by Gasteiger charge is -2.27. The van der Waals surface area contributed by atoms with Crippen LogP contribution in [0.25, 0.3) is 0 Å². The van der Waals surface area contributed by atoms with Crippen LogP contribution in [0.3, 0.4) is 0 Å². The van der Waals surface area contributed by atoms with E-state index in [1.807, 2.05) is 0 Å². The van der Waals surface area contributed by atoms with Crippen LogP contribution < -0.4 is 5.73 Å². The summed E-state index contributed by atoms with van der Waals surface area (Å²) >= 11 is 0. The van der Waals surface area contributed by atoms with Gasteiger partial charge < -0.3 is 5.73 Å². The molecular formula is C16H26N2. The van der Waals surface area contributed by atoms with Gasteiger partial charge in [-0.2, -0.15) is 0 Å². The number of hydrogen-bond donors (Lipinski definition) is 1. The fourth-order valence-electron chi connectivity index (χ4n) is 3.33. The fraction of sp³-hybridized carbons (Fsp3) is 0.625. The number of nitrogens with zero attached hydrogens (tertiary/aromatic N) is 1. The molecule has 1 aliphatic heterocycles. The largest absolute Gasteiger partial charge is 0.329 e. The zero-order valence-corrected chi connectivity index (χ0v) is 12.2. The number of benzene rings is 1. The van der Waals surface area contributed by atoms with Crippen molar-refractivity contribution >= 4 is 0 Å². The third-order valence-electron chi connectivity index (χ3n) is 4.44. The molecule has 1 saturated heterocycles. The Morgan fingerprint density at radius 1 is 1.22 bits per heavy atom. The average Bonchev–Trinajstić information content (AvgIpc) is 2.64. The van der Waals surface area contributed by atoms with Crippen molar-refractivity contribution in [1.82, 2.24) is 4.90 Å². The number of likely N-dealkylation sites (tertiary alicyclic amines) is 1. The molecule has 18 heavy (non-hydrogen) atoms. The van der Waals surface area contributed by atoms with Crippen LogP contribution in [-0.4, -0.2) is 24.0 Å². The maximum absolute atomic E-state index is 5.93. The van der Waals surface area contributed by atoms with E-state index in [1.54, 1.807) is 0 Å². The maximum atomic E-state index is 5.93. The van der Waals surface area contributed by atoms with E-state index in [0.717, 1.165) is 19.0 Å². The highest BCUT2D eigenvalue weighted by atomic mass is 15.2. The van der Waals surface area contributed by atoms with Crippen molar-refractivity contribution in [2.45, 2.75) is 46.7 Å². The molecule has 1 heterocycles. The number of nitrogens with two attached hydrogens (primary N) is 1. The summed E-state index contributed by atoms with van der Waals surface area (Å²) in [4.78, 5) is 2.56. The normalized spacial score (nSPS) is 24.7. The van der Waals surface area contributed by atoms with Crippen molar-refractivity contribution < 1.29 is 0 Å². The van der Waals surface area contributed by atoms with Gasteiger partial charge in [0.25, 0.3) is 0 Å². The second kappa shape index (κ2) is 5.41. The van der Waals surface area contributed by atoms with Crippen LogP contribution in [0.5, 0.6) is 0 Å². The molecule has 2 unspecified atom stereocenters. The molecule has 2 rings (SSSR count). The molecule has 0 amide bonds. The number of aryl methyl sites for hydroxylation is 3. The molecule has 1 aliphatic rings. The standard InChI is InChI=1S/C16H26N2/c1-11-7-13(3)15(14(4)8-11)10-18-6-5-12(2)16(18)9-17/h7-8,12,16H,5-6,9-10,17H2,1-4H3. The minimum absolute atomic E-state index is 0.560. The van der Waals surface area contributed by atoms with Gasteiger partial charge in [0.15, 0.2) is 0 Å². The highest BCUT2D eigenvalue weighted by Crippen LogP contribution is 2.27. The highest BCUT2D eigenvalue weighted by molar-refractivity contribution is 5.37. The summed E-state index contributed by atoms with van der Waals surface area (Å²) in [6.07, 6.45) is 1.28. The zero-order valence-electron chi connectivity index (χ0n) is 12.2. The Labute approximate surface area is 111 Å². The molecule has 100 valence electrons. The van der Waals surface area contributed by atoms with E-state index in [2.05, 4.69) is 44.7 Å². The monoisotopic (exact) mass is 246 g/mol. The summed E-state index contributed by atoms with van der Waals surface area (Å²) in [5, 5.41) is 0. The van der Waals surface area contributed by atoms with Gasteiger partial charge in [0, 0.05) is 19.1 Å². The van der Waals surface area contributed by atoms with E-state index in [4.69, 9.17) is 5.73 Å². The summed E-state index contributed by atoms with van der Waals surface area (Å²) in [7, 11) is 0. The van der Waals surface area contributed by atoms with E-state index < -0.39 is 0 Å². The van der Waals surface area contributed by atoms with E-state index in [9.17, 15) is 0 Å². The van der Waals surface area contributed by atoms with Crippen LogP contribution in [0.15, 0.2) is 12.1 Å². The number of rotatable bonds is 3. The molecule has 0 saturated carbocycles. The Hall–Kier alpha value is -0.860.